The lowest BCUT2D eigenvalue weighted by atomic mass is 10.3. The van der Waals surface area contributed by atoms with Crippen molar-refractivity contribution in [3.63, 3.8) is 0 Å². The zero-order chi connectivity index (χ0) is 14.5. The third kappa shape index (κ3) is 4.15. The highest BCUT2D eigenvalue weighted by molar-refractivity contribution is 6.35. The molecular weight excluding hydrogens is 297 g/mol. The molecule has 0 saturated carbocycles. The van der Waals surface area contributed by atoms with E-state index in [-0.39, 0.29) is 5.91 Å². The van der Waals surface area contributed by atoms with Gasteiger partial charge in [0.25, 0.3) is 5.91 Å². The minimum atomic E-state index is -0.629. The molecule has 0 bridgehead atoms. The highest BCUT2D eigenvalue weighted by Crippen LogP contribution is 2.22. The Morgan fingerprint density at radius 2 is 1.70 bits per heavy atom. The maximum atomic E-state index is 12.0. The van der Waals surface area contributed by atoms with Crippen molar-refractivity contribution in [1.82, 2.24) is 0 Å². The summed E-state index contributed by atoms with van der Waals surface area (Å²) in [4.78, 5) is 12.0. The SMILES string of the molecule is C[C@@H](Oc1ccccc1)C(=O)Nc1cc(Cl)cc(Cl)c1. The van der Waals surface area contributed by atoms with Crippen molar-refractivity contribution in [3.05, 3.63) is 58.6 Å². The molecule has 2 aromatic carbocycles. The molecule has 1 amide bonds. The van der Waals surface area contributed by atoms with Gasteiger partial charge in [0.15, 0.2) is 6.10 Å². The van der Waals surface area contributed by atoms with E-state index in [1.54, 1.807) is 37.3 Å². The first-order valence-electron chi connectivity index (χ1n) is 6.03. The standard InChI is InChI=1S/C15H13Cl2NO2/c1-10(20-14-5-3-2-4-6-14)15(19)18-13-8-11(16)7-12(17)9-13/h2-10H,1H3,(H,18,19)/t10-/m1/s1. The van der Waals surface area contributed by atoms with Gasteiger partial charge in [0.05, 0.1) is 0 Å². The number of para-hydroxylation sites is 1. The van der Waals surface area contributed by atoms with Gasteiger partial charge >= 0.3 is 0 Å². The molecule has 0 saturated heterocycles. The molecule has 0 unspecified atom stereocenters. The second-order valence-corrected chi connectivity index (χ2v) is 5.09. The quantitative estimate of drug-likeness (QED) is 0.909. The van der Waals surface area contributed by atoms with Crippen molar-refractivity contribution in [2.75, 3.05) is 5.32 Å². The molecule has 2 aromatic rings. The van der Waals surface area contributed by atoms with E-state index in [1.165, 1.54) is 0 Å². The van der Waals surface area contributed by atoms with Crippen LogP contribution in [0.15, 0.2) is 48.5 Å². The second kappa shape index (κ2) is 6.64. The first-order chi connectivity index (χ1) is 9.54. The minimum Gasteiger partial charge on any atom is -0.481 e. The highest BCUT2D eigenvalue weighted by atomic mass is 35.5. The predicted octanol–water partition coefficient (Wildman–Crippen LogP) is 4.40. The summed E-state index contributed by atoms with van der Waals surface area (Å²) in [7, 11) is 0. The molecule has 104 valence electrons. The number of amides is 1. The van der Waals surface area contributed by atoms with Gasteiger partial charge in [0.1, 0.15) is 5.75 Å². The van der Waals surface area contributed by atoms with Crippen molar-refractivity contribution in [3.8, 4) is 5.75 Å². The van der Waals surface area contributed by atoms with Crippen molar-refractivity contribution in [2.45, 2.75) is 13.0 Å². The van der Waals surface area contributed by atoms with Crippen LogP contribution < -0.4 is 10.1 Å². The lowest BCUT2D eigenvalue weighted by Gasteiger charge is -2.15. The molecule has 1 atom stereocenters. The van der Waals surface area contributed by atoms with Gasteiger partial charge < -0.3 is 10.1 Å². The van der Waals surface area contributed by atoms with Crippen LogP contribution in [0.2, 0.25) is 10.0 Å². The van der Waals surface area contributed by atoms with Crippen molar-refractivity contribution in [2.24, 2.45) is 0 Å². The summed E-state index contributed by atoms with van der Waals surface area (Å²) in [6, 6.07) is 14.0. The van der Waals surface area contributed by atoms with Crippen LogP contribution in [0.5, 0.6) is 5.75 Å². The lowest BCUT2D eigenvalue weighted by Crippen LogP contribution is -2.30. The number of halogens is 2. The monoisotopic (exact) mass is 309 g/mol. The Kier molecular flexibility index (Phi) is 4.88. The number of benzene rings is 2. The average molecular weight is 310 g/mol. The van der Waals surface area contributed by atoms with Gasteiger partial charge in [-0.3, -0.25) is 4.79 Å². The van der Waals surface area contributed by atoms with E-state index in [0.29, 0.717) is 21.5 Å². The molecule has 0 spiro atoms. The maximum Gasteiger partial charge on any atom is 0.265 e. The number of carbonyl (C=O) groups is 1. The molecule has 0 aromatic heterocycles. The van der Waals surface area contributed by atoms with Gasteiger partial charge in [-0.1, -0.05) is 41.4 Å². The topological polar surface area (TPSA) is 38.3 Å². The van der Waals surface area contributed by atoms with E-state index in [9.17, 15) is 4.79 Å². The van der Waals surface area contributed by atoms with Crippen LogP contribution in [0.25, 0.3) is 0 Å². The van der Waals surface area contributed by atoms with E-state index in [0.717, 1.165) is 0 Å². The van der Waals surface area contributed by atoms with E-state index in [1.807, 2.05) is 18.2 Å². The predicted molar refractivity (Wildman–Crippen MR) is 81.6 cm³/mol. The van der Waals surface area contributed by atoms with Crippen LogP contribution in [-0.4, -0.2) is 12.0 Å². The number of carbonyl (C=O) groups excluding carboxylic acids is 1. The Balaban J connectivity index is 2.00. The molecule has 20 heavy (non-hydrogen) atoms. The first kappa shape index (κ1) is 14.7. The number of hydrogen-bond acceptors (Lipinski definition) is 2. The van der Waals surface area contributed by atoms with Gasteiger partial charge in [0.2, 0.25) is 0 Å². The summed E-state index contributed by atoms with van der Waals surface area (Å²) in [6.45, 7) is 1.68. The number of ether oxygens (including phenoxy) is 1. The Hall–Kier alpha value is -1.71. The fourth-order valence-electron chi connectivity index (χ4n) is 1.63. The summed E-state index contributed by atoms with van der Waals surface area (Å²) < 4.78 is 5.53. The number of rotatable bonds is 4. The molecule has 1 N–H and O–H groups in total. The molecule has 0 radical (unpaired) electrons. The van der Waals surface area contributed by atoms with Crippen molar-refractivity contribution >= 4 is 34.8 Å². The highest BCUT2D eigenvalue weighted by Gasteiger charge is 2.15. The Labute approximate surface area is 127 Å². The van der Waals surface area contributed by atoms with Crippen molar-refractivity contribution < 1.29 is 9.53 Å². The van der Waals surface area contributed by atoms with E-state index in [2.05, 4.69) is 5.32 Å². The summed E-state index contributed by atoms with van der Waals surface area (Å²) in [6.07, 6.45) is -0.629. The Bertz CT molecular complexity index is 582. The Morgan fingerprint density at radius 3 is 2.30 bits per heavy atom. The van der Waals surface area contributed by atoms with Crippen molar-refractivity contribution in [1.29, 1.82) is 0 Å². The zero-order valence-corrected chi connectivity index (χ0v) is 12.3. The molecule has 2 rings (SSSR count). The fraction of sp³-hybridized carbons (Fsp3) is 0.133. The average Bonchev–Trinajstić information content (AvgIpc) is 2.38. The summed E-state index contributed by atoms with van der Waals surface area (Å²) in [5, 5.41) is 3.64. The molecule has 0 heterocycles. The third-order valence-electron chi connectivity index (χ3n) is 2.56. The molecule has 5 heteroatoms. The smallest absolute Gasteiger partial charge is 0.265 e. The third-order valence-corrected chi connectivity index (χ3v) is 2.99. The van der Waals surface area contributed by atoms with Gasteiger partial charge in [-0.05, 0) is 37.3 Å². The van der Waals surface area contributed by atoms with Gasteiger partial charge in [-0.25, -0.2) is 0 Å². The molecular formula is C15H13Cl2NO2. The Morgan fingerprint density at radius 1 is 1.10 bits per heavy atom. The largest absolute Gasteiger partial charge is 0.481 e. The summed E-state index contributed by atoms with van der Waals surface area (Å²) in [5.41, 5.74) is 0.538. The molecule has 0 aliphatic heterocycles. The first-order valence-corrected chi connectivity index (χ1v) is 6.79. The lowest BCUT2D eigenvalue weighted by molar-refractivity contribution is -0.122. The summed E-state index contributed by atoms with van der Waals surface area (Å²) in [5.74, 6) is 0.367. The van der Waals surface area contributed by atoms with Crippen LogP contribution in [0.4, 0.5) is 5.69 Å². The zero-order valence-electron chi connectivity index (χ0n) is 10.8. The normalized spacial score (nSPS) is 11.8. The fourth-order valence-corrected chi connectivity index (χ4v) is 2.15. The van der Waals surface area contributed by atoms with Crippen LogP contribution >= 0.6 is 23.2 Å². The van der Waals surface area contributed by atoms with Gasteiger partial charge in [0, 0.05) is 15.7 Å². The second-order valence-electron chi connectivity index (χ2n) is 4.22. The summed E-state index contributed by atoms with van der Waals surface area (Å²) >= 11 is 11.8. The number of hydrogen-bond donors (Lipinski definition) is 1. The number of nitrogens with one attached hydrogen (secondary N) is 1. The van der Waals surface area contributed by atoms with Crippen LogP contribution in [0.1, 0.15) is 6.92 Å². The van der Waals surface area contributed by atoms with Gasteiger partial charge in [-0.15, -0.1) is 0 Å². The van der Waals surface area contributed by atoms with Crippen LogP contribution in [0, 0.1) is 0 Å². The van der Waals surface area contributed by atoms with Crippen LogP contribution in [-0.2, 0) is 4.79 Å². The molecule has 0 aliphatic rings. The minimum absolute atomic E-state index is 0.271. The maximum absolute atomic E-state index is 12.0. The van der Waals surface area contributed by atoms with E-state index < -0.39 is 6.10 Å². The van der Waals surface area contributed by atoms with Crippen LogP contribution in [0.3, 0.4) is 0 Å². The van der Waals surface area contributed by atoms with E-state index >= 15 is 0 Å². The number of anilines is 1. The van der Waals surface area contributed by atoms with E-state index in [4.69, 9.17) is 27.9 Å². The molecule has 0 aliphatic carbocycles. The molecule has 0 fully saturated rings. The van der Waals surface area contributed by atoms with Gasteiger partial charge in [-0.2, -0.15) is 0 Å². The molecule has 3 nitrogen and oxygen atoms in total.